The molecule has 1 N–H and O–H groups in total. The zero-order valence-electron chi connectivity index (χ0n) is 17.9. The second-order valence-corrected chi connectivity index (χ2v) is 7.84. The normalized spacial score (nSPS) is 15.5. The quantitative estimate of drug-likeness (QED) is 0.489. The third kappa shape index (κ3) is 3.28. The number of benzene rings is 3. The van der Waals surface area contributed by atoms with Crippen molar-refractivity contribution in [3.05, 3.63) is 94.9 Å². The second kappa shape index (κ2) is 8.04. The van der Waals surface area contributed by atoms with Gasteiger partial charge in [-0.2, -0.15) is 0 Å². The fraction of sp³-hybridized carbons (Fsp3) is 0.192. The van der Waals surface area contributed by atoms with Crippen molar-refractivity contribution in [2.24, 2.45) is 0 Å². The molecule has 0 aliphatic carbocycles. The van der Waals surface area contributed by atoms with E-state index < -0.39 is 0 Å². The average molecular weight is 430 g/mol. The molecule has 2 heterocycles. The molecular weight excluding hydrogens is 407 g/mol. The van der Waals surface area contributed by atoms with Crippen LogP contribution in [0.5, 0.6) is 11.5 Å². The molecule has 1 aliphatic rings. The number of rotatable bonds is 4. The van der Waals surface area contributed by atoms with E-state index in [1.54, 1.807) is 44.6 Å². The zero-order chi connectivity index (χ0) is 22.2. The standard InChI is InChI=1S/C26H23FN2O3/c1-31-22-12-9-17(15-23(22)32-2)26(30)29-14-13-20-19-5-3-4-6-21(19)28-24(20)25(29)16-7-10-18(27)11-8-16/h3-12,15,25,28H,13-14H2,1-2H3. The summed E-state index contributed by atoms with van der Waals surface area (Å²) in [5, 5.41) is 1.16. The van der Waals surface area contributed by atoms with Gasteiger partial charge in [-0.3, -0.25) is 4.79 Å². The Balaban J connectivity index is 1.62. The summed E-state index contributed by atoms with van der Waals surface area (Å²) >= 11 is 0. The monoisotopic (exact) mass is 430 g/mol. The first kappa shape index (κ1) is 20.1. The lowest BCUT2D eigenvalue weighted by molar-refractivity contribution is 0.0691. The Labute approximate surface area is 185 Å². The van der Waals surface area contributed by atoms with Gasteiger partial charge in [0.05, 0.1) is 20.3 Å². The van der Waals surface area contributed by atoms with Crippen molar-refractivity contribution in [3.63, 3.8) is 0 Å². The number of carbonyl (C=O) groups is 1. The van der Waals surface area contributed by atoms with Crippen LogP contribution in [0.15, 0.2) is 66.7 Å². The smallest absolute Gasteiger partial charge is 0.254 e. The number of para-hydroxylation sites is 1. The summed E-state index contributed by atoms with van der Waals surface area (Å²) in [4.78, 5) is 19.0. The highest BCUT2D eigenvalue weighted by atomic mass is 19.1. The number of aromatic amines is 1. The predicted octanol–water partition coefficient (Wildman–Crippen LogP) is 5.11. The molecule has 0 bridgehead atoms. The highest BCUT2D eigenvalue weighted by Crippen LogP contribution is 2.39. The molecule has 0 saturated carbocycles. The summed E-state index contributed by atoms with van der Waals surface area (Å²) in [6.45, 7) is 0.546. The Hall–Kier alpha value is -3.80. The third-order valence-electron chi connectivity index (χ3n) is 6.11. The fourth-order valence-corrected chi connectivity index (χ4v) is 4.59. The maximum atomic E-state index is 13.7. The minimum Gasteiger partial charge on any atom is -0.493 e. The lowest BCUT2D eigenvalue weighted by atomic mass is 9.91. The SMILES string of the molecule is COc1ccc(C(=O)N2CCc3c([nH]c4ccccc34)C2c2ccc(F)cc2)cc1OC. The van der Waals surface area contributed by atoms with E-state index in [9.17, 15) is 9.18 Å². The molecule has 1 aliphatic heterocycles. The minimum atomic E-state index is -0.354. The molecule has 32 heavy (non-hydrogen) atoms. The molecule has 1 amide bonds. The molecule has 162 valence electrons. The average Bonchev–Trinajstić information content (AvgIpc) is 3.22. The van der Waals surface area contributed by atoms with Crippen LogP contribution in [0, 0.1) is 5.82 Å². The summed E-state index contributed by atoms with van der Waals surface area (Å²) in [6, 6.07) is 19.3. The first-order valence-electron chi connectivity index (χ1n) is 10.5. The first-order valence-corrected chi connectivity index (χ1v) is 10.5. The van der Waals surface area contributed by atoms with Crippen LogP contribution in [0.2, 0.25) is 0 Å². The van der Waals surface area contributed by atoms with Crippen LogP contribution in [0.4, 0.5) is 4.39 Å². The van der Waals surface area contributed by atoms with Gasteiger partial charge in [-0.25, -0.2) is 4.39 Å². The van der Waals surface area contributed by atoms with Gasteiger partial charge >= 0.3 is 0 Å². The third-order valence-corrected chi connectivity index (χ3v) is 6.11. The Kier molecular flexibility index (Phi) is 5.05. The Morgan fingerprint density at radius 1 is 1.00 bits per heavy atom. The van der Waals surface area contributed by atoms with Gasteiger partial charge in [0.1, 0.15) is 5.82 Å². The molecule has 4 aromatic rings. The molecule has 5 nitrogen and oxygen atoms in total. The summed E-state index contributed by atoms with van der Waals surface area (Å²) in [7, 11) is 3.11. The molecule has 1 atom stereocenters. The van der Waals surface area contributed by atoms with Gasteiger partial charge in [-0.1, -0.05) is 30.3 Å². The first-order chi connectivity index (χ1) is 15.6. The van der Waals surface area contributed by atoms with Crippen molar-refractivity contribution >= 4 is 16.8 Å². The van der Waals surface area contributed by atoms with Gasteiger partial charge in [-0.05, 0) is 53.9 Å². The van der Waals surface area contributed by atoms with E-state index in [-0.39, 0.29) is 17.8 Å². The van der Waals surface area contributed by atoms with Gasteiger partial charge in [0, 0.05) is 28.7 Å². The van der Waals surface area contributed by atoms with Crippen LogP contribution in [-0.2, 0) is 6.42 Å². The summed E-state index contributed by atoms with van der Waals surface area (Å²) < 4.78 is 24.4. The molecule has 3 aromatic carbocycles. The fourth-order valence-electron chi connectivity index (χ4n) is 4.59. The van der Waals surface area contributed by atoms with E-state index in [1.807, 2.05) is 23.1 Å². The minimum absolute atomic E-state index is 0.121. The maximum Gasteiger partial charge on any atom is 0.254 e. The van der Waals surface area contributed by atoms with Crippen LogP contribution in [0.25, 0.3) is 10.9 Å². The number of halogens is 1. The lowest BCUT2D eigenvalue weighted by Gasteiger charge is -2.36. The second-order valence-electron chi connectivity index (χ2n) is 7.84. The maximum absolute atomic E-state index is 13.7. The van der Waals surface area contributed by atoms with Crippen molar-refractivity contribution in [2.75, 3.05) is 20.8 Å². The van der Waals surface area contributed by atoms with E-state index >= 15 is 0 Å². The molecule has 0 saturated heterocycles. The molecule has 5 rings (SSSR count). The topological polar surface area (TPSA) is 54.6 Å². The van der Waals surface area contributed by atoms with Gasteiger partial charge in [0.2, 0.25) is 0 Å². The Morgan fingerprint density at radius 2 is 1.75 bits per heavy atom. The van der Waals surface area contributed by atoms with Crippen LogP contribution in [0.1, 0.15) is 33.2 Å². The molecule has 0 spiro atoms. The van der Waals surface area contributed by atoms with Crippen molar-refractivity contribution < 1.29 is 18.7 Å². The number of fused-ring (bicyclic) bond motifs is 3. The molecule has 1 unspecified atom stereocenters. The highest BCUT2D eigenvalue weighted by molar-refractivity contribution is 5.96. The van der Waals surface area contributed by atoms with Crippen molar-refractivity contribution in [2.45, 2.75) is 12.5 Å². The number of hydrogen-bond donors (Lipinski definition) is 1. The van der Waals surface area contributed by atoms with Gasteiger partial charge in [-0.15, -0.1) is 0 Å². The number of methoxy groups -OCH3 is 2. The summed E-state index contributed by atoms with van der Waals surface area (Å²) in [5.74, 6) is 0.638. The van der Waals surface area contributed by atoms with E-state index in [1.165, 1.54) is 17.7 Å². The number of amides is 1. The number of hydrogen-bond acceptors (Lipinski definition) is 3. The number of nitrogens with zero attached hydrogens (tertiary/aromatic N) is 1. The molecule has 1 aromatic heterocycles. The number of nitrogens with one attached hydrogen (secondary N) is 1. The number of aromatic nitrogens is 1. The molecule has 0 fully saturated rings. The van der Waals surface area contributed by atoms with Gasteiger partial charge < -0.3 is 19.4 Å². The largest absolute Gasteiger partial charge is 0.493 e. The zero-order valence-corrected chi connectivity index (χ0v) is 17.9. The van der Waals surface area contributed by atoms with Crippen molar-refractivity contribution in [3.8, 4) is 11.5 Å². The van der Waals surface area contributed by atoms with Crippen molar-refractivity contribution in [1.82, 2.24) is 9.88 Å². The Bertz CT molecular complexity index is 1300. The van der Waals surface area contributed by atoms with Gasteiger partial charge in [0.25, 0.3) is 5.91 Å². The number of H-pyrrole nitrogens is 1. The van der Waals surface area contributed by atoms with E-state index in [0.29, 0.717) is 23.6 Å². The van der Waals surface area contributed by atoms with Crippen LogP contribution < -0.4 is 9.47 Å². The van der Waals surface area contributed by atoms with E-state index in [2.05, 4.69) is 11.1 Å². The van der Waals surface area contributed by atoms with E-state index in [4.69, 9.17) is 9.47 Å². The van der Waals surface area contributed by atoms with E-state index in [0.717, 1.165) is 28.6 Å². The summed E-state index contributed by atoms with van der Waals surface area (Å²) in [6.07, 6.45) is 0.732. The summed E-state index contributed by atoms with van der Waals surface area (Å²) in [5.41, 5.74) is 4.57. The van der Waals surface area contributed by atoms with Crippen LogP contribution in [-0.4, -0.2) is 36.6 Å². The highest BCUT2D eigenvalue weighted by Gasteiger charge is 2.35. The van der Waals surface area contributed by atoms with Crippen molar-refractivity contribution in [1.29, 1.82) is 0 Å². The number of carbonyl (C=O) groups excluding carboxylic acids is 1. The molecule has 0 radical (unpaired) electrons. The van der Waals surface area contributed by atoms with Crippen LogP contribution >= 0.6 is 0 Å². The van der Waals surface area contributed by atoms with Crippen LogP contribution in [0.3, 0.4) is 0 Å². The lowest BCUT2D eigenvalue weighted by Crippen LogP contribution is -2.40. The molecule has 6 heteroatoms. The predicted molar refractivity (Wildman–Crippen MR) is 121 cm³/mol. The Morgan fingerprint density at radius 3 is 2.50 bits per heavy atom. The molecular formula is C26H23FN2O3. The number of ether oxygens (including phenoxy) is 2. The van der Waals surface area contributed by atoms with Gasteiger partial charge in [0.15, 0.2) is 11.5 Å².